The standard InChI is InChI=1S/C21H25.C12H14.C5H5.Hf/c1-20(2,3)16-7-9-18-14(12-16)11-15-13-17(21(4,5)6)8-10-19(15)18;1-2-3-4-6-9-12-10-7-5-8-11-12;1-2-4-5-3-1;/h7-10,12H,11H2,1-6H3;2,5,7-8,10-11H,1,3-4,6H2;1-5H;. The van der Waals surface area contributed by atoms with E-state index < -0.39 is 21.0 Å². The summed E-state index contributed by atoms with van der Waals surface area (Å²) < 4.78 is 4.11. The predicted octanol–water partition coefficient (Wildman–Crippen LogP) is 9.59. The minimum atomic E-state index is -2.74. The van der Waals surface area contributed by atoms with Gasteiger partial charge in [-0.15, -0.1) is 0 Å². The van der Waals surface area contributed by atoms with Crippen molar-refractivity contribution in [2.24, 2.45) is 0 Å². The summed E-state index contributed by atoms with van der Waals surface area (Å²) in [6.07, 6.45) is 16.2. The van der Waals surface area contributed by atoms with E-state index in [9.17, 15) is 0 Å². The molecule has 0 fully saturated rings. The zero-order chi connectivity index (χ0) is 27.8. The molecule has 39 heavy (non-hydrogen) atoms. The van der Waals surface area contributed by atoms with Crippen molar-refractivity contribution in [3.8, 4) is 11.1 Å². The number of unbranched alkanes of at least 4 members (excludes halogenated alkanes) is 1. The Hall–Kier alpha value is -2.38. The van der Waals surface area contributed by atoms with Gasteiger partial charge in [0.2, 0.25) is 0 Å². The summed E-state index contributed by atoms with van der Waals surface area (Å²) in [5.41, 5.74) is 10.8. The van der Waals surface area contributed by atoms with E-state index in [1.54, 1.807) is 17.7 Å². The molecule has 0 saturated heterocycles. The quantitative estimate of drug-likeness (QED) is 0.104. The van der Waals surface area contributed by atoms with Crippen LogP contribution in [0.1, 0.15) is 88.6 Å². The van der Waals surface area contributed by atoms with Crippen molar-refractivity contribution in [2.75, 3.05) is 0 Å². The third kappa shape index (κ3) is 5.76. The molecule has 3 aromatic rings. The molecule has 0 radical (unpaired) electrons. The molecule has 0 nitrogen and oxygen atoms in total. The van der Waals surface area contributed by atoms with E-state index in [1.807, 2.05) is 0 Å². The second-order valence-corrected chi connectivity index (χ2v) is 22.6. The Labute approximate surface area is 244 Å². The molecule has 0 unspecified atom stereocenters. The van der Waals surface area contributed by atoms with E-state index in [4.69, 9.17) is 0 Å². The molecule has 1 heteroatoms. The first-order chi connectivity index (χ1) is 18.6. The van der Waals surface area contributed by atoms with Gasteiger partial charge in [-0.05, 0) is 0 Å². The zero-order valence-electron chi connectivity index (χ0n) is 24.8. The first kappa shape index (κ1) is 28.2. The molecule has 2 aliphatic rings. The fourth-order valence-electron chi connectivity index (χ4n) is 6.32. The molecule has 5 rings (SSSR count). The Kier molecular flexibility index (Phi) is 8.12. The van der Waals surface area contributed by atoms with Gasteiger partial charge in [-0.1, -0.05) is 0 Å². The van der Waals surface area contributed by atoms with Crippen LogP contribution in [0.25, 0.3) is 11.1 Å². The first-order valence-electron chi connectivity index (χ1n) is 14.6. The van der Waals surface area contributed by atoms with E-state index in [0.29, 0.717) is 3.67 Å². The Bertz CT molecular complexity index is 1450. The fraction of sp³-hybridized carbons (Fsp3) is 0.342. The third-order valence-electron chi connectivity index (χ3n) is 8.38. The minimum absolute atomic E-state index is 0.0978. The molecule has 0 N–H and O–H groups in total. The van der Waals surface area contributed by atoms with Crippen LogP contribution < -0.4 is 3.32 Å². The Morgan fingerprint density at radius 1 is 0.872 bits per heavy atom. The molecule has 200 valence electrons. The van der Waals surface area contributed by atoms with Crippen LogP contribution in [-0.2, 0) is 38.2 Å². The number of fused-ring (bicyclic) bond motifs is 3. The molecular weight excluding hydrogens is 635 g/mol. The summed E-state index contributed by atoms with van der Waals surface area (Å²) in [6.45, 7) is 18.3. The van der Waals surface area contributed by atoms with Crippen LogP contribution in [0.3, 0.4) is 0 Å². The van der Waals surface area contributed by atoms with Crippen molar-refractivity contribution >= 4 is 6.58 Å². The SMILES string of the molecule is C=CCCC[C](c1ccccc1)=[Hf]([c]1c(C(C)(C)C)ccc2c1Cc1cc(C(C)(C)C)ccc1-2)[CH]1C=CC=C1. The molecule has 2 aliphatic carbocycles. The molecule has 0 heterocycles. The van der Waals surface area contributed by atoms with Crippen LogP contribution in [0.15, 0.2) is 97.6 Å². The van der Waals surface area contributed by atoms with Crippen molar-refractivity contribution in [3.05, 3.63) is 125 Å². The van der Waals surface area contributed by atoms with Gasteiger partial charge in [-0.3, -0.25) is 0 Å². The van der Waals surface area contributed by atoms with E-state index in [2.05, 4.69) is 139 Å². The first-order valence-corrected chi connectivity index (χ1v) is 20.3. The molecule has 0 aromatic heterocycles. The van der Waals surface area contributed by atoms with E-state index >= 15 is 0 Å². The van der Waals surface area contributed by atoms with Crippen LogP contribution in [0.5, 0.6) is 0 Å². The van der Waals surface area contributed by atoms with Gasteiger partial charge in [0.15, 0.2) is 0 Å². The van der Waals surface area contributed by atoms with Gasteiger partial charge < -0.3 is 0 Å². The normalized spacial score (nSPS) is 15.3. The van der Waals surface area contributed by atoms with E-state index in [-0.39, 0.29) is 10.8 Å². The molecule has 0 aliphatic heterocycles. The average Bonchev–Trinajstić information content (AvgIpc) is 3.55. The number of allylic oxidation sites excluding steroid dienone is 5. The van der Waals surface area contributed by atoms with E-state index in [0.717, 1.165) is 12.8 Å². The van der Waals surface area contributed by atoms with Gasteiger partial charge in [0.1, 0.15) is 0 Å². The van der Waals surface area contributed by atoms with Crippen LogP contribution in [0.2, 0.25) is 3.67 Å². The van der Waals surface area contributed by atoms with Gasteiger partial charge in [0.05, 0.1) is 0 Å². The van der Waals surface area contributed by atoms with Crippen molar-refractivity contribution in [2.45, 2.75) is 81.7 Å². The summed E-state index contributed by atoms with van der Waals surface area (Å²) in [5, 5.41) is 0. The van der Waals surface area contributed by atoms with Crippen molar-refractivity contribution in [1.82, 2.24) is 0 Å². The van der Waals surface area contributed by atoms with Crippen LogP contribution in [0.4, 0.5) is 0 Å². The third-order valence-corrected chi connectivity index (χ3v) is 20.4. The summed E-state index contributed by atoms with van der Waals surface area (Å²) >= 11 is -2.74. The van der Waals surface area contributed by atoms with Gasteiger partial charge in [0, 0.05) is 0 Å². The van der Waals surface area contributed by atoms with Crippen molar-refractivity contribution in [3.63, 3.8) is 0 Å². The van der Waals surface area contributed by atoms with Crippen LogP contribution in [-0.4, -0.2) is 3.26 Å². The summed E-state index contributed by atoms with van der Waals surface area (Å²) in [6, 6.07) is 23.6. The number of hydrogen-bond acceptors (Lipinski definition) is 0. The molecule has 0 amide bonds. The predicted molar refractivity (Wildman–Crippen MR) is 168 cm³/mol. The van der Waals surface area contributed by atoms with Gasteiger partial charge >= 0.3 is 246 Å². The molecular formula is C38H44Hf. The number of benzene rings is 3. The van der Waals surface area contributed by atoms with Gasteiger partial charge in [-0.25, -0.2) is 0 Å². The molecule has 0 bridgehead atoms. The number of hydrogen-bond donors (Lipinski definition) is 0. The Morgan fingerprint density at radius 2 is 1.56 bits per heavy atom. The monoisotopic (exact) mass is 680 g/mol. The summed E-state index contributed by atoms with van der Waals surface area (Å²) in [7, 11) is 0. The Balaban J connectivity index is 1.82. The molecule has 3 aromatic carbocycles. The summed E-state index contributed by atoms with van der Waals surface area (Å²) in [5.74, 6) is 0. The molecule has 0 saturated carbocycles. The van der Waals surface area contributed by atoms with Gasteiger partial charge in [-0.2, -0.15) is 0 Å². The topological polar surface area (TPSA) is 0 Å². The summed E-state index contributed by atoms with van der Waals surface area (Å²) in [4.78, 5) is 0. The van der Waals surface area contributed by atoms with Crippen LogP contribution >= 0.6 is 0 Å². The van der Waals surface area contributed by atoms with Crippen molar-refractivity contribution < 1.29 is 21.0 Å². The number of rotatable bonds is 7. The molecule has 0 spiro atoms. The average molecular weight is 679 g/mol. The molecule has 0 atom stereocenters. The second kappa shape index (κ2) is 11.2. The fourth-order valence-corrected chi connectivity index (χ4v) is 20.2. The van der Waals surface area contributed by atoms with Crippen LogP contribution in [0, 0.1) is 0 Å². The van der Waals surface area contributed by atoms with E-state index in [1.165, 1.54) is 40.7 Å². The van der Waals surface area contributed by atoms with Crippen molar-refractivity contribution in [1.29, 1.82) is 0 Å². The Morgan fingerprint density at radius 3 is 2.21 bits per heavy atom. The maximum atomic E-state index is 4.04. The van der Waals surface area contributed by atoms with Gasteiger partial charge in [0.25, 0.3) is 0 Å². The maximum absolute atomic E-state index is 4.04. The zero-order valence-corrected chi connectivity index (χ0v) is 28.4. The second-order valence-electron chi connectivity index (χ2n) is 13.3.